The molecule has 1 aromatic heterocycles. The molecule has 0 unspecified atom stereocenters. The zero-order chi connectivity index (χ0) is 15.4. The van der Waals surface area contributed by atoms with Crippen LogP contribution in [0.5, 0.6) is 0 Å². The predicted molar refractivity (Wildman–Crippen MR) is 74.7 cm³/mol. The maximum absolute atomic E-state index is 13.5. The van der Waals surface area contributed by atoms with E-state index in [0.717, 1.165) is 0 Å². The van der Waals surface area contributed by atoms with Crippen LogP contribution in [0, 0.1) is 12.9 Å². The van der Waals surface area contributed by atoms with E-state index in [-0.39, 0.29) is 5.56 Å². The van der Waals surface area contributed by atoms with Crippen molar-refractivity contribution >= 4 is 17.6 Å². The van der Waals surface area contributed by atoms with Crippen molar-refractivity contribution in [1.29, 1.82) is 0 Å². The molecule has 5 nitrogen and oxygen atoms in total. The second-order valence-electron chi connectivity index (χ2n) is 4.27. The largest absolute Gasteiger partial charge is 0.465 e. The van der Waals surface area contributed by atoms with Crippen LogP contribution in [0.1, 0.15) is 26.3 Å². The number of anilines is 1. The van der Waals surface area contributed by atoms with Crippen molar-refractivity contribution in [1.82, 2.24) is 4.98 Å². The molecular weight excluding hydrogens is 275 g/mol. The van der Waals surface area contributed by atoms with Gasteiger partial charge in [0, 0.05) is 11.9 Å². The van der Waals surface area contributed by atoms with Crippen molar-refractivity contribution in [2.45, 2.75) is 6.92 Å². The van der Waals surface area contributed by atoms with Gasteiger partial charge < -0.3 is 10.1 Å². The molecule has 6 heteroatoms. The lowest BCUT2D eigenvalue weighted by Gasteiger charge is -2.11. The highest BCUT2D eigenvalue weighted by molar-refractivity contribution is 6.05. The van der Waals surface area contributed by atoms with E-state index in [9.17, 15) is 14.0 Å². The van der Waals surface area contributed by atoms with Crippen LogP contribution in [0.4, 0.5) is 10.1 Å². The van der Waals surface area contributed by atoms with Crippen LogP contribution in [0.2, 0.25) is 0 Å². The standard InChI is InChI=1S/C15H13FN2O3/c1-9-10(15(20)21-2)5-3-7-12(9)18-14(19)11-6-4-8-17-13(11)16/h3-8H,1-2H3,(H,18,19). The van der Waals surface area contributed by atoms with Gasteiger partial charge in [-0.05, 0) is 36.8 Å². The maximum Gasteiger partial charge on any atom is 0.338 e. The molecule has 0 saturated heterocycles. The molecule has 1 N–H and O–H groups in total. The fourth-order valence-electron chi connectivity index (χ4n) is 1.85. The van der Waals surface area contributed by atoms with Crippen molar-refractivity contribution in [3.05, 3.63) is 59.2 Å². The SMILES string of the molecule is COC(=O)c1cccc(NC(=O)c2cccnc2F)c1C. The first-order valence-electron chi connectivity index (χ1n) is 6.14. The highest BCUT2D eigenvalue weighted by Gasteiger charge is 2.16. The molecule has 0 fully saturated rings. The Bertz CT molecular complexity index is 701. The molecule has 2 rings (SSSR count). The third kappa shape index (κ3) is 3.05. The van der Waals surface area contributed by atoms with E-state index in [2.05, 4.69) is 15.0 Å². The Morgan fingerprint density at radius 1 is 1.19 bits per heavy atom. The van der Waals surface area contributed by atoms with E-state index in [1.54, 1.807) is 25.1 Å². The molecule has 0 radical (unpaired) electrons. The van der Waals surface area contributed by atoms with Gasteiger partial charge in [-0.2, -0.15) is 4.39 Å². The predicted octanol–water partition coefficient (Wildman–Crippen LogP) is 2.57. The summed E-state index contributed by atoms with van der Waals surface area (Å²) in [6, 6.07) is 7.61. The molecule has 0 aliphatic carbocycles. The Kier molecular flexibility index (Phi) is 4.27. The number of esters is 1. The number of hydrogen-bond acceptors (Lipinski definition) is 4. The van der Waals surface area contributed by atoms with E-state index >= 15 is 0 Å². The molecule has 1 amide bonds. The lowest BCUT2D eigenvalue weighted by Crippen LogP contribution is -2.16. The number of benzene rings is 1. The van der Waals surface area contributed by atoms with Gasteiger partial charge in [-0.1, -0.05) is 6.07 Å². The molecule has 0 atom stereocenters. The van der Waals surface area contributed by atoms with Crippen molar-refractivity contribution in [3.63, 3.8) is 0 Å². The quantitative estimate of drug-likeness (QED) is 0.696. The third-order valence-electron chi connectivity index (χ3n) is 2.99. The fourth-order valence-corrected chi connectivity index (χ4v) is 1.85. The number of nitrogens with one attached hydrogen (secondary N) is 1. The highest BCUT2D eigenvalue weighted by Crippen LogP contribution is 2.20. The molecule has 0 spiro atoms. The molecule has 1 heterocycles. The number of amides is 1. The molecule has 1 aromatic carbocycles. The number of carbonyl (C=O) groups is 2. The normalized spacial score (nSPS) is 10.0. The summed E-state index contributed by atoms with van der Waals surface area (Å²) < 4.78 is 18.1. The Morgan fingerprint density at radius 3 is 2.57 bits per heavy atom. The van der Waals surface area contributed by atoms with Gasteiger partial charge in [-0.25, -0.2) is 9.78 Å². The van der Waals surface area contributed by atoms with Crippen LogP contribution in [-0.4, -0.2) is 24.0 Å². The topological polar surface area (TPSA) is 68.3 Å². The third-order valence-corrected chi connectivity index (χ3v) is 2.99. The van der Waals surface area contributed by atoms with Crippen LogP contribution in [0.3, 0.4) is 0 Å². The van der Waals surface area contributed by atoms with Gasteiger partial charge in [0.2, 0.25) is 5.95 Å². The van der Waals surface area contributed by atoms with Crippen molar-refractivity contribution in [2.75, 3.05) is 12.4 Å². The van der Waals surface area contributed by atoms with Crippen molar-refractivity contribution in [2.24, 2.45) is 0 Å². The zero-order valence-corrected chi connectivity index (χ0v) is 11.5. The van der Waals surface area contributed by atoms with E-state index in [1.807, 2.05) is 0 Å². The highest BCUT2D eigenvalue weighted by atomic mass is 19.1. The van der Waals surface area contributed by atoms with Crippen LogP contribution < -0.4 is 5.32 Å². The number of pyridine rings is 1. The summed E-state index contributed by atoms with van der Waals surface area (Å²) in [6.45, 7) is 1.67. The first-order chi connectivity index (χ1) is 10.0. The number of hydrogen-bond donors (Lipinski definition) is 1. The van der Waals surface area contributed by atoms with E-state index < -0.39 is 17.8 Å². The minimum absolute atomic E-state index is 0.166. The average Bonchev–Trinajstić information content (AvgIpc) is 2.49. The first-order valence-corrected chi connectivity index (χ1v) is 6.14. The fraction of sp³-hybridized carbons (Fsp3) is 0.133. The molecule has 21 heavy (non-hydrogen) atoms. The minimum atomic E-state index is -0.850. The van der Waals surface area contributed by atoms with Gasteiger partial charge in [0.25, 0.3) is 5.91 Å². The van der Waals surface area contributed by atoms with E-state index in [0.29, 0.717) is 16.8 Å². The van der Waals surface area contributed by atoms with E-state index in [1.165, 1.54) is 25.4 Å². The zero-order valence-electron chi connectivity index (χ0n) is 11.5. The molecule has 0 aliphatic rings. The van der Waals surface area contributed by atoms with Crippen LogP contribution in [-0.2, 0) is 4.74 Å². The van der Waals surface area contributed by atoms with Crippen molar-refractivity contribution in [3.8, 4) is 0 Å². The molecule has 0 saturated carbocycles. The summed E-state index contributed by atoms with van der Waals surface area (Å²) in [7, 11) is 1.28. The number of ether oxygens (including phenoxy) is 1. The molecule has 108 valence electrons. The van der Waals surface area contributed by atoms with Crippen LogP contribution in [0.15, 0.2) is 36.5 Å². The van der Waals surface area contributed by atoms with Gasteiger partial charge in [-0.15, -0.1) is 0 Å². The molecule has 0 aliphatic heterocycles. The molecule has 0 bridgehead atoms. The summed E-state index contributed by atoms with van der Waals surface area (Å²) in [5.41, 5.74) is 1.12. The summed E-state index contributed by atoms with van der Waals surface area (Å²) in [5, 5.41) is 2.56. The lowest BCUT2D eigenvalue weighted by atomic mass is 10.1. The molecular formula is C15H13FN2O3. The number of aromatic nitrogens is 1. The molecule has 2 aromatic rings. The van der Waals surface area contributed by atoms with Crippen LogP contribution >= 0.6 is 0 Å². The van der Waals surface area contributed by atoms with E-state index in [4.69, 9.17) is 0 Å². The lowest BCUT2D eigenvalue weighted by molar-refractivity contribution is 0.0599. The monoisotopic (exact) mass is 288 g/mol. The summed E-state index contributed by atoms with van der Waals surface area (Å²) in [6.07, 6.45) is 1.26. The summed E-state index contributed by atoms with van der Waals surface area (Å²) >= 11 is 0. The van der Waals surface area contributed by atoms with Gasteiger partial charge in [-0.3, -0.25) is 4.79 Å². The van der Waals surface area contributed by atoms with Crippen molar-refractivity contribution < 1.29 is 18.7 Å². The first kappa shape index (κ1) is 14.6. The smallest absolute Gasteiger partial charge is 0.338 e. The number of nitrogens with zero attached hydrogens (tertiary/aromatic N) is 1. The van der Waals surface area contributed by atoms with Crippen LogP contribution in [0.25, 0.3) is 0 Å². The maximum atomic E-state index is 13.5. The van der Waals surface area contributed by atoms with Gasteiger partial charge in [0.05, 0.1) is 18.2 Å². The van der Waals surface area contributed by atoms with Gasteiger partial charge in [0.1, 0.15) is 0 Å². The number of methoxy groups -OCH3 is 1. The summed E-state index contributed by atoms with van der Waals surface area (Å²) in [5.74, 6) is -1.99. The van der Waals surface area contributed by atoms with Gasteiger partial charge >= 0.3 is 5.97 Å². The number of carbonyl (C=O) groups excluding carboxylic acids is 2. The number of rotatable bonds is 3. The Morgan fingerprint density at radius 2 is 1.90 bits per heavy atom. The number of halogens is 1. The average molecular weight is 288 g/mol. The minimum Gasteiger partial charge on any atom is -0.465 e. The second-order valence-corrected chi connectivity index (χ2v) is 4.27. The summed E-state index contributed by atoms with van der Waals surface area (Å²) in [4.78, 5) is 27.0. The second kappa shape index (κ2) is 6.13. The Hall–Kier alpha value is -2.76. The van der Waals surface area contributed by atoms with Gasteiger partial charge in [0.15, 0.2) is 0 Å². The Balaban J connectivity index is 2.30. The Labute approximate surface area is 120 Å².